The van der Waals surface area contributed by atoms with Gasteiger partial charge in [0.2, 0.25) is 5.91 Å². The molecule has 7 heteroatoms. The molecule has 1 N–H and O–H groups in total. The first-order valence-corrected chi connectivity index (χ1v) is 12.4. The van der Waals surface area contributed by atoms with Gasteiger partial charge in [-0.1, -0.05) is 48.0 Å². The van der Waals surface area contributed by atoms with E-state index >= 15 is 0 Å². The highest BCUT2D eigenvalue weighted by atomic mass is 35.5. The molecule has 0 spiro atoms. The third-order valence-corrected chi connectivity index (χ3v) is 6.63. The number of halogens is 2. The molecule has 0 aliphatic carbocycles. The van der Waals surface area contributed by atoms with Crippen molar-refractivity contribution >= 4 is 23.5 Å². The summed E-state index contributed by atoms with van der Waals surface area (Å²) in [4.78, 5) is 25.8. The lowest BCUT2D eigenvalue weighted by atomic mass is 9.91. The predicted octanol–water partition coefficient (Wildman–Crippen LogP) is 5.50. The Balaban J connectivity index is 1.37. The molecule has 188 valence electrons. The van der Waals surface area contributed by atoms with Crippen LogP contribution in [-0.4, -0.2) is 40.6 Å². The van der Waals surface area contributed by atoms with Gasteiger partial charge in [-0.3, -0.25) is 9.59 Å². The first kappa shape index (κ1) is 25.7. The van der Waals surface area contributed by atoms with Gasteiger partial charge in [0, 0.05) is 24.4 Å². The van der Waals surface area contributed by atoms with Crippen LogP contribution in [-0.2, 0) is 35.3 Å². The number of aryl methyl sites for hydroxylation is 1. The third kappa shape index (κ3) is 6.85. The number of carboxylic acid groups (broad SMARTS) is 1. The molecule has 36 heavy (non-hydrogen) atoms. The summed E-state index contributed by atoms with van der Waals surface area (Å²) in [5.74, 6) is -0.743. The maximum atomic E-state index is 13.2. The number of carbonyl (C=O) groups excluding carboxylic acids is 1. The van der Waals surface area contributed by atoms with E-state index in [-0.39, 0.29) is 24.7 Å². The highest BCUT2D eigenvalue weighted by molar-refractivity contribution is 6.30. The zero-order valence-electron chi connectivity index (χ0n) is 20.2. The van der Waals surface area contributed by atoms with Crippen LogP contribution in [0.2, 0.25) is 5.02 Å². The van der Waals surface area contributed by atoms with Crippen molar-refractivity contribution in [2.75, 3.05) is 13.1 Å². The van der Waals surface area contributed by atoms with Crippen LogP contribution in [0.15, 0.2) is 66.7 Å². The average molecular weight is 510 g/mol. The Morgan fingerprint density at radius 1 is 1.03 bits per heavy atom. The van der Waals surface area contributed by atoms with Crippen molar-refractivity contribution in [2.45, 2.75) is 44.6 Å². The van der Waals surface area contributed by atoms with Crippen molar-refractivity contribution < 1.29 is 23.8 Å². The van der Waals surface area contributed by atoms with E-state index in [0.717, 1.165) is 34.4 Å². The van der Waals surface area contributed by atoms with E-state index in [4.69, 9.17) is 16.3 Å². The summed E-state index contributed by atoms with van der Waals surface area (Å²) < 4.78 is 19.5. The largest absolute Gasteiger partial charge is 0.487 e. The number of benzene rings is 3. The van der Waals surface area contributed by atoms with Gasteiger partial charge in [-0.2, -0.15) is 0 Å². The summed E-state index contributed by atoms with van der Waals surface area (Å²) in [7, 11) is 0. The number of amides is 1. The van der Waals surface area contributed by atoms with Crippen molar-refractivity contribution in [3.8, 4) is 5.75 Å². The van der Waals surface area contributed by atoms with Gasteiger partial charge in [0.25, 0.3) is 0 Å². The van der Waals surface area contributed by atoms with E-state index in [0.29, 0.717) is 30.8 Å². The van der Waals surface area contributed by atoms with Crippen molar-refractivity contribution in [1.82, 2.24) is 4.90 Å². The van der Waals surface area contributed by atoms with Crippen molar-refractivity contribution in [2.24, 2.45) is 0 Å². The van der Waals surface area contributed by atoms with Gasteiger partial charge in [0.15, 0.2) is 0 Å². The Hall–Kier alpha value is -3.38. The number of ether oxygens (including phenoxy) is 1. The number of rotatable bonds is 10. The molecule has 0 saturated carbocycles. The molecule has 0 unspecified atom stereocenters. The second-order valence-electron chi connectivity index (χ2n) is 9.59. The first-order valence-electron chi connectivity index (χ1n) is 12.0. The van der Waals surface area contributed by atoms with Gasteiger partial charge in [0.05, 0.1) is 6.42 Å². The number of fused-ring (bicyclic) bond motifs is 1. The van der Waals surface area contributed by atoms with Crippen molar-refractivity contribution in [3.63, 3.8) is 0 Å². The summed E-state index contributed by atoms with van der Waals surface area (Å²) in [5.41, 5.74) is 3.45. The Morgan fingerprint density at radius 3 is 2.39 bits per heavy atom. The standard InChI is InChI=1S/C29H29ClFNO4/c1-29(17-21-6-11-25(31)12-7-21)18-23-15-22(8-13-26(23)36-29)16-27(33)32(19-28(34)35)14-2-3-20-4-9-24(30)10-5-20/h4-13,15H,2-3,14,16-19H2,1H3,(H,34,35)/t29-/m0/s1. The number of carboxylic acids is 1. The summed E-state index contributed by atoms with van der Waals surface area (Å²) in [5, 5.41) is 9.98. The van der Waals surface area contributed by atoms with E-state index in [1.54, 1.807) is 12.1 Å². The maximum absolute atomic E-state index is 13.2. The number of hydrogen-bond donors (Lipinski definition) is 1. The second-order valence-corrected chi connectivity index (χ2v) is 10.0. The van der Waals surface area contributed by atoms with E-state index in [1.807, 2.05) is 49.4 Å². The van der Waals surface area contributed by atoms with E-state index in [9.17, 15) is 19.1 Å². The molecule has 0 aromatic heterocycles. The van der Waals surface area contributed by atoms with Gasteiger partial charge in [0.1, 0.15) is 23.7 Å². The molecule has 0 bridgehead atoms. The smallest absolute Gasteiger partial charge is 0.323 e. The quantitative estimate of drug-likeness (QED) is 0.391. The molecule has 0 saturated heterocycles. The van der Waals surface area contributed by atoms with Gasteiger partial charge in [-0.05, 0) is 72.4 Å². The SMILES string of the molecule is C[C@]1(Cc2ccc(F)cc2)Cc2cc(CC(=O)N(CCCc3ccc(Cl)cc3)CC(=O)O)ccc2O1. The second kappa shape index (κ2) is 11.1. The molecule has 0 fully saturated rings. The normalized spacial score (nSPS) is 16.3. The Kier molecular flexibility index (Phi) is 7.94. The van der Waals surface area contributed by atoms with Crippen LogP contribution in [0.4, 0.5) is 4.39 Å². The van der Waals surface area contributed by atoms with Crippen LogP contribution < -0.4 is 4.74 Å². The fourth-order valence-electron chi connectivity index (χ4n) is 4.68. The average Bonchev–Trinajstić information content (AvgIpc) is 3.16. The third-order valence-electron chi connectivity index (χ3n) is 6.38. The van der Waals surface area contributed by atoms with E-state index < -0.39 is 11.6 Å². The lowest BCUT2D eigenvalue weighted by Crippen LogP contribution is -2.37. The molecule has 1 amide bonds. The molecule has 0 radical (unpaired) electrons. The molecule has 4 rings (SSSR count). The predicted molar refractivity (Wildman–Crippen MR) is 137 cm³/mol. The summed E-state index contributed by atoms with van der Waals surface area (Å²) in [6.07, 6.45) is 2.80. The summed E-state index contributed by atoms with van der Waals surface area (Å²) in [6, 6.07) is 19.6. The fraction of sp³-hybridized carbons (Fsp3) is 0.310. The Morgan fingerprint density at radius 2 is 1.69 bits per heavy atom. The van der Waals surface area contributed by atoms with Gasteiger partial charge in [-0.15, -0.1) is 0 Å². The first-order chi connectivity index (χ1) is 17.2. The Labute approximate surface area is 215 Å². The number of aliphatic carboxylic acids is 1. The molecular weight excluding hydrogens is 481 g/mol. The van der Waals surface area contributed by atoms with Crippen LogP contribution in [0.25, 0.3) is 0 Å². The zero-order valence-corrected chi connectivity index (χ0v) is 20.9. The minimum Gasteiger partial charge on any atom is -0.487 e. The molecule has 5 nitrogen and oxygen atoms in total. The van der Waals surface area contributed by atoms with Crippen molar-refractivity contribution in [1.29, 1.82) is 0 Å². The van der Waals surface area contributed by atoms with Crippen LogP contribution in [0.3, 0.4) is 0 Å². The molecule has 1 aliphatic heterocycles. The fourth-order valence-corrected chi connectivity index (χ4v) is 4.81. The minimum atomic E-state index is -1.03. The molecule has 3 aromatic rings. The minimum absolute atomic E-state index is 0.121. The van der Waals surface area contributed by atoms with Crippen molar-refractivity contribution in [3.05, 3.63) is 99.8 Å². The van der Waals surface area contributed by atoms with Crippen LogP contribution in [0, 0.1) is 5.82 Å². The number of carbonyl (C=O) groups is 2. The monoisotopic (exact) mass is 509 g/mol. The lowest BCUT2D eigenvalue weighted by molar-refractivity contribution is -0.144. The molecule has 1 atom stereocenters. The molecule has 1 aliphatic rings. The lowest BCUT2D eigenvalue weighted by Gasteiger charge is -2.24. The molecule has 3 aromatic carbocycles. The Bertz CT molecular complexity index is 1230. The molecular formula is C29H29ClFNO4. The van der Waals surface area contributed by atoms with Crippen LogP contribution in [0.1, 0.15) is 35.6 Å². The van der Waals surface area contributed by atoms with Crippen LogP contribution in [0.5, 0.6) is 5.75 Å². The topological polar surface area (TPSA) is 66.8 Å². The maximum Gasteiger partial charge on any atom is 0.323 e. The number of nitrogens with zero attached hydrogens (tertiary/aromatic N) is 1. The summed E-state index contributed by atoms with van der Waals surface area (Å²) in [6.45, 7) is 2.05. The van der Waals surface area contributed by atoms with Gasteiger partial charge in [-0.25, -0.2) is 4.39 Å². The number of hydrogen-bond acceptors (Lipinski definition) is 3. The van der Waals surface area contributed by atoms with Crippen LogP contribution >= 0.6 is 11.6 Å². The zero-order chi connectivity index (χ0) is 25.7. The van der Waals surface area contributed by atoms with E-state index in [2.05, 4.69) is 0 Å². The van der Waals surface area contributed by atoms with Gasteiger partial charge >= 0.3 is 5.97 Å². The molecule has 1 heterocycles. The van der Waals surface area contributed by atoms with Gasteiger partial charge < -0.3 is 14.7 Å². The van der Waals surface area contributed by atoms with E-state index in [1.165, 1.54) is 17.0 Å². The highest BCUT2D eigenvalue weighted by Crippen LogP contribution is 2.37. The highest BCUT2D eigenvalue weighted by Gasteiger charge is 2.35. The summed E-state index contributed by atoms with van der Waals surface area (Å²) >= 11 is 5.93.